The smallest absolute Gasteiger partial charge is 0.0342 e. The van der Waals surface area contributed by atoms with Gasteiger partial charge in [0.05, 0.1) is 0 Å². The second-order valence-corrected chi connectivity index (χ2v) is 3.49. The molecular weight excluding hydrogens is 138 g/mol. The summed E-state index contributed by atoms with van der Waals surface area (Å²) in [5, 5.41) is 0. The first-order chi connectivity index (χ1) is 5.24. The molecule has 0 saturated carbocycles. The molecule has 1 atom stereocenters. The molecule has 1 saturated heterocycles. The van der Waals surface area contributed by atoms with Crippen molar-refractivity contribution >= 4 is 0 Å². The predicted octanol–water partition coefficient (Wildman–Crippen LogP) is -0.419. The lowest BCUT2D eigenvalue weighted by molar-refractivity contribution is 0.231. The third kappa shape index (κ3) is 2.43. The van der Waals surface area contributed by atoms with Gasteiger partial charge in [0.15, 0.2) is 0 Å². The Kier molecular flexibility index (Phi) is 3.30. The zero-order valence-electron chi connectivity index (χ0n) is 7.58. The molecular formula is C8H19N3. The first kappa shape index (κ1) is 8.97. The molecule has 1 heterocycles. The van der Waals surface area contributed by atoms with E-state index in [1.54, 1.807) is 0 Å². The fourth-order valence-electron chi connectivity index (χ4n) is 1.62. The molecule has 1 aliphatic rings. The standard InChI is InChI=1S/C8H19N3/c1-10-4-3-5-11(2)8(6-9)7-10/h8H,3-7,9H2,1-2H3. The van der Waals surface area contributed by atoms with Gasteiger partial charge in [-0.1, -0.05) is 0 Å². The summed E-state index contributed by atoms with van der Waals surface area (Å²) in [6.07, 6.45) is 1.27. The van der Waals surface area contributed by atoms with Gasteiger partial charge in [0, 0.05) is 19.1 Å². The van der Waals surface area contributed by atoms with Crippen LogP contribution >= 0.6 is 0 Å². The van der Waals surface area contributed by atoms with Crippen LogP contribution in [0.1, 0.15) is 6.42 Å². The summed E-state index contributed by atoms with van der Waals surface area (Å²) in [7, 11) is 4.33. The normalized spacial score (nSPS) is 30.3. The maximum absolute atomic E-state index is 5.66. The van der Waals surface area contributed by atoms with Gasteiger partial charge in [-0.05, 0) is 33.6 Å². The maximum atomic E-state index is 5.66. The lowest BCUT2D eigenvalue weighted by atomic mass is 10.2. The molecule has 11 heavy (non-hydrogen) atoms. The number of hydrogen-bond acceptors (Lipinski definition) is 3. The van der Waals surface area contributed by atoms with Crippen molar-refractivity contribution < 1.29 is 0 Å². The molecule has 66 valence electrons. The van der Waals surface area contributed by atoms with Gasteiger partial charge in [-0.2, -0.15) is 0 Å². The van der Waals surface area contributed by atoms with E-state index in [1.165, 1.54) is 19.5 Å². The average Bonchev–Trinajstić information content (AvgIpc) is 2.13. The average molecular weight is 157 g/mol. The second kappa shape index (κ2) is 4.04. The van der Waals surface area contributed by atoms with Crippen LogP contribution in [-0.4, -0.2) is 56.1 Å². The number of likely N-dealkylation sites (N-methyl/N-ethyl adjacent to an activating group) is 2. The van der Waals surface area contributed by atoms with Crippen molar-refractivity contribution in [3.63, 3.8) is 0 Å². The Hall–Kier alpha value is -0.120. The summed E-state index contributed by atoms with van der Waals surface area (Å²) in [5.74, 6) is 0. The highest BCUT2D eigenvalue weighted by Crippen LogP contribution is 2.04. The van der Waals surface area contributed by atoms with Crippen molar-refractivity contribution in [1.82, 2.24) is 9.80 Å². The zero-order valence-corrected chi connectivity index (χ0v) is 7.58. The molecule has 0 spiro atoms. The van der Waals surface area contributed by atoms with E-state index in [0.717, 1.165) is 13.1 Å². The first-order valence-corrected chi connectivity index (χ1v) is 4.33. The van der Waals surface area contributed by atoms with Gasteiger partial charge < -0.3 is 15.5 Å². The lowest BCUT2D eigenvalue weighted by Gasteiger charge is -2.25. The van der Waals surface area contributed by atoms with Crippen LogP contribution in [-0.2, 0) is 0 Å². The van der Waals surface area contributed by atoms with Gasteiger partial charge in [0.2, 0.25) is 0 Å². The van der Waals surface area contributed by atoms with Gasteiger partial charge in [-0.15, -0.1) is 0 Å². The topological polar surface area (TPSA) is 32.5 Å². The third-order valence-electron chi connectivity index (χ3n) is 2.47. The summed E-state index contributed by atoms with van der Waals surface area (Å²) in [5.41, 5.74) is 5.66. The Bertz CT molecular complexity index is 116. The molecule has 0 aliphatic carbocycles. The predicted molar refractivity (Wildman–Crippen MR) is 47.6 cm³/mol. The summed E-state index contributed by atoms with van der Waals surface area (Å²) in [6, 6.07) is 0.558. The van der Waals surface area contributed by atoms with E-state index in [4.69, 9.17) is 5.73 Å². The van der Waals surface area contributed by atoms with Crippen LogP contribution < -0.4 is 5.73 Å². The molecule has 1 rings (SSSR count). The molecule has 1 aliphatic heterocycles. The van der Waals surface area contributed by atoms with Gasteiger partial charge >= 0.3 is 0 Å². The summed E-state index contributed by atoms with van der Waals surface area (Å²) in [6.45, 7) is 4.29. The lowest BCUT2D eigenvalue weighted by Crippen LogP contribution is -2.42. The van der Waals surface area contributed by atoms with E-state index >= 15 is 0 Å². The monoisotopic (exact) mass is 157 g/mol. The molecule has 3 heteroatoms. The molecule has 0 aromatic carbocycles. The van der Waals surface area contributed by atoms with Gasteiger partial charge in [-0.3, -0.25) is 0 Å². The van der Waals surface area contributed by atoms with E-state index in [0.29, 0.717) is 6.04 Å². The molecule has 0 amide bonds. The molecule has 0 aromatic heterocycles. The van der Waals surface area contributed by atoms with Gasteiger partial charge in [0.25, 0.3) is 0 Å². The van der Waals surface area contributed by atoms with Crippen LogP contribution in [0, 0.1) is 0 Å². The SMILES string of the molecule is CN1CCCN(C)C(CN)C1. The van der Waals surface area contributed by atoms with Crippen LogP contribution in [0.2, 0.25) is 0 Å². The minimum absolute atomic E-state index is 0.558. The van der Waals surface area contributed by atoms with Crippen molar-refractivity contribution in [2.45, 2.75) is 12.5 Å². The van der Waals surface area contributed by atoms with E-state index in [1.807, 2.05) is 0 Å². The molecule has 0 aromatic rings. The number of nitrogens with zero attached hydrogens (tertiary/aromatic N) is 2. The van der Waals surface area contributed by atoms with Crippen LogP contribution in [0.25, 0.3) is 0 Å². The minimum atomic E-state index is 0.558. The van der Waals surface area contributed by atoms with Crippen LogP contribution in [0.5, 0.6) is 0 Å². The Balaban J connectivity index is 2.45. The van der Waals surface area contributed by atoms with E-state index in [2.05, 4.69) is 23.9 Å². The van der Waals surface area contributed by atoms with Gasteiger partial charge in [-0.25, -0.2) is 0 Å². The Labute approximate surface area is 69.1 Å². The van der Waals surface area contributed by atoms with E-state index < -0.39 is 0 Å². The molecule has 0 bridgehead atoms. The van der Waals surface area contributed by atoms with Crippen molar-refractivity contribution in [2.75, 3.05) is 40.3 Å². The van der Waals surface area contributed by atoms with Crippen LogP contribution in [0.15, 0.2) is 0 Å². The summed E-state index contributed by atoms with van der Waals surface area (Å²) >= 11 is 0. The number of nitrogens with two attached hydrogens (primary N) is 1. The van der Waals surface area contributed by atoms with Crippen LogP contribution in [0.3, 0.4) is 0 Å². The van der Waals surface area contributed by atoms with Gasteiger partial charge in [0.1, 0.15) is 0 Å². The highest BCUT2D eigenvalue weighted by molar-refractivity contribution is 4.76. The molecule has 1 fully saturated rings. The van der Waals surface area contributed by atoms with Crippen molar-refractivity contribution in [1.29, 1.82) is 0 Å². The van der Waals surface area contributed by atoms with Crippen molar-refractivity contribution in [3.05, 3.63) is 0 Å². The third-order valence-corrected chi connectivity index (χ3v) is 2.47. The largest absolute Gasteiger partial charge is 0.329 e. The van der Waals surface area contributed by atoms with Crippen LogP contribution in [0.4, 0.5) is 0 Å². The molecule has 2 N–H and O–H groups in total. The first-order valence-electron chi connectivity index (χ1n) is 4.33. The Morgan fingerprint density at radius 2 is 2.09 bits per heavy atom. The summed E-state index contributed by atoms with van der Waals surface area (Å²) < 4.78 is 0. The van der Waals surface area contributed by atoms with E-state index in [9.17, 15) is 0 Å². The Morgan fingerprint density at radius 3 is 2.73 bits per heavy atom. The zero-order chi connectivity index (χ0) is 8.27. The minimum Gasteiger partial charge on any atom is -0.329 e. The number of rotatable bonds is 1. The fraction of sp³-hybridized carbons (Fsp3) is 1.00. The highest BCUT2D eigenvalue weighted by Gasteiger charge is 2.18. The second-order valence-electron chi connectivity index (χ2n) is 3.49. The number of hydrogen-bond donors (Lipinski definition) is 1. The molecule has 1 unspecified atom stereocenters. The Morgan fingerprint density at radius 1 is 1.36 bits per heavy atom. The maximum Gasteiger partial charge on any atom is 0.0342 e. The highest BCUT2D eigenvalue weighted by atomic mass is 15.2. The van der Waals surface area contributed by atoms with E-state index in [-0.39, 0.29) is 0 Å². The molecule has 0 radical (unpaired) electrons. The van der Waals surface area contributed by atoms with Crippen molar-refractivity contribution in [3.8, 4) is 0 Å². The fourth-order valence-corrected chi connectivity index (χ4v) is 1.62. The summed E-state index contributed by atoms with van der Waals surface area (Å²) in [4.78, 5) is 4.73. The van der Waals surface area contributed by atoms with Crippen molar-refractivity contribution in [2.24, 2.45) is 5.73 Å². The molecule has 3 nitrogen and oxygen atoms in total. The quantitative estimate of drug-likeness (QED) is 0.561.